The molecule has 5 heteroatoms. The van der Waals surface area contributed by atoms with E-state index < -0.39 is 0 Å². The Morgan fingerprint density at radius 3 is 2.43 bits per heavy atom. The second-order valence-corrected chi connectivity index (χ2v) is 7.09. The first-order valence-corrected chi connectivity index (χ1v) is 9.44. The van der Waals surface area contributed by atoms with Crippen LogP contribution in [0, 0.1) is 25.2 Å². The molecule has 0 saturated carbocycles. The van der Waals surface area contributed by atoms with Crippen molar-refractivity contribution in [2.75, 3.05) is 33.3 Å². The average molecular weight is 380 g/mol. The maximum Gasteiger partial charge on any atom is 0.338 e. The van der Waals surface area contributed by atoms with Gasteiger partial charge in [-0.2, -0.15) is 5.26 Å². The Kier molecular flexibility index (Phi) is 7.19. The molecule has 28 heavy (non-hydrogen) atoms. The fourth-order valence-electron chi connectivity index (χ4n) is 3.76. The zero-order valence-electron chi connectivity index (χ0n) is 17.3. The first-order valence-electron chi connectivity index (χ1n) is 9.44. The number of nitrogens with zero attached hydrogens (tertiary/aromatic N) is 3. The number of allylic oxidation sites excluding steroid dienone is 3. The Morgan fingerprint density at radius 1 is 1.25 bits per heavy atom. The Morgan fingerprint density at radius 2 is 1.89 bits per heavy atom. The van der Waals surface area contributed by atoms with Crippen LogP contribution in [0.1, 0.15) is 40.0 Å². The highest BCUT2D eigenvalue weighted by Crippen LogP contribution is 2.28. The van der Waals surface area contributed by atoms with Gasteiger partial charge in [0.05, 0.1) is 23.9 Å². The monoisotopic (exact) mass is 379 g/mol. The second-order valence-electron chi connectivity index (χ2n) is 7.09. The molecule has 0 radical (unpaired) electrons. The molecule has 0 bridgehead atoms. The van der Waals surface area contributed by atoms with Crippen LogP contribution >= 0.6 is 0 Å². The van der Waals surface area contributed by atoms with E-state index >= 15 is 0 Å². The van der Waals surface area contributed by atoms with Crippen molar-refractivity contribution in [1.29, 1.82) is 5.26 Å². The molecule has 0 N–H and O–H groups in total. The molecule has 1 saturated heterocycles. The van der Waals surface area contributed by atoms with E-state index in [4.69, 9.17) is 4.74 Å². The van der Waals surface area contributed by atoms with Crippen molar-refractivity contribution in [1.82, 2.24) is 9.80 Å². The summed E-state index contributed by atoms with van der Waals surface area (Å²) in [4.78, 5) is 16.7. The van der Waals surface area contributed by atoms with E-state index in [0.717, 1.165) is 43.0 Å². The van der Waals surface area contributed by atoms with Crippen molar-refractivity contribution < 1.29 is 9.53 Å². The predicted octanol–water partition coefficient (Wildman–Crippen LogP) is 3.92. The summed E-state index contributed by atoms with van der Waals surface area (Å²) in [6.45, 7) is 17.1. The third-order valence-corrected chi connectivity index (χ3v) is 5.39. The Bertz CT molecular complexity index is 840. The predicted molar refractivity (Wildman–Crippen MR) is 112 cm³/mol. The lowest BCUT2D eigenvalue weighted by molar-refractivity contribution is 0.0599. The summed E-state index contributed by atoms with van der Waals surface area (Å²) in [5, 5.41) is 9.20. The topological polar surface area (TPSA) is 56.6 Å². The molecule has 5 nitrogen and oxygen atoms in total. The number of hydrogen-bond acceptors (Lipinski definition) is 5. The molecule has 2 rings (SSSR count). The SMILES string of the molecule is C=C/C=C(\C(=C)C#N)N1CCN(C(C)c2cc(C(=O)OC)c(C)cc2C)CC1. The van der Waals surface area contributed by atoms with Crippen LogP contribution in [-0.4, -0.2) is 49.1 Å². The summed E-state index contributed by atoms with van der Waals surface area (Å²) in [6, 6.07) is 6.33. The van der Waals surface area contributed by atoms with E-state index in [9.17, 15) is 10.1 Å². The zero-order chi connectivity index (χ0) is 20.8. The average Bonchev–Trinajstić information content (AvgIpc) is 2.70. The molecule has 0 spiro atoms. The number of methoxy groups -OCH3 is 1. The molecule has 148 valence electrons. The van der Waals surface area contributed by atoms with E-state index in [1.165, 1.54) is 12.7 Å². The maximum absolute atomic E-state index is 12.1. The lowest BCUT2D eigenvalue weighted by Crippen LogP contribution is -2.46. The fourth-order valence-corrected chi connectivity index (χ4v) is 3.76. The van der Waals surface area contributed by atoms with Gasteiger partial charge in [0.15, 0.2) is 0 Å². The van der Waals surface area contributed by atoms with Gasteiger partial charge in [0.2, 0.25) is 0 Å². The second kappa shape index (κ2) is 9.38. The van der Waals surface area contributed by atoms with Gasteiger partial charge in [0, 0.05) is 32.2 Å². The number of nitriles is 1. The number of aryl methyl sites for hydroxylation is 2. The van der Waals surface area contributed by atoms with Gasteiger partial charge in [0.1, 0.15) is 6.07 Å². The Balaban J connectivity index is 2.18. The van der Waals surface area contributed by atoms with Crippen LogP contribution in [0.3, 0.4) is 0 Å². The summed E-state index contributed by atoms with van der Waals surface area (Å²) in [7, 11) is 1.41. The van der Waals surface area contributed by atoms with E-state index in [2.05, 4.69) is 48.9 Å². The van der Waals surface area contributed by atoms with Crippen molar-refractivity contribution in [3.05, 3.63) is 71.0 Å². The number of benzene rings is 1. The quantitative estimate of drug-likeness (QED) is 0.426. The van der Waals surface area contributed by atoms with Crippen LogP contribution in [0.2, 0.25) is 0 Å². The number of esters is 1. The van der Waals surface area contributed by atoms with Crippen molar-refractivity contribution in [2.45, 2.75) is 26.8 Å². The largest absolute Gasteiger partial charge is 0.465 e. The highest BCUT2D eigenvalue weighted by molar-refractivity contribution is 5.91. The number of carbonyl (C=O) groups is 1. The molecule has 0 amide bonds. The van der Waals surface area contributed by atoms with Crippen LogP contribution in [0.25, 0.3) is 0 Å². The van der Waals surface area contributed by atoms with E-state index in [-0.39, 0.29) is 12.0 Å². The standard InChI is InChI=1S/C23H29N3O2/c1-7-8-22(18(4)15-24)26-11-9-25(10-12-26)19(5)20-14-21(23(27)28-6)17(3)13-16(20)2/h7-8,13-14,19H,1,4,9-12H2,2-3,5-6H3/b22-8+. The van der Waals surface area contributed by atoms with E-state index in [1.807, 2.05) is 19.1 Å². The third kappa shape index (κ3) is 4.52. The number of piperazine rings is 1. The normalized spacial score (nSPS) is 16.2. The molecule has 1 fully saturated rings. The minimum atomic E-state index is -0.301. The van der Waals surface area contributed by atoms with Gasteiger partial charge in [-0.15, -0.1) is 0 Å². The first kappa shape index (κ1) is 21.5. The zero-order valence-corrected chi connectivity index (χ0v) is 17.3. The number of carbonyl (C=O) groups excluding carboxylic acids is 1. The highest BCUT2D eigenvalue weighted by atomic mass is 16.5. The Labute approximate surface area is 168 Å². The van der Waals surface area contributed by atoms with Crippen LogP contribution in [-0.2, 0) is 4.74 Å². The molecule has 1 aliphatic heterocycles. The van der Waals surface area contributed by atoms with Crippen molar-refractivity contribution >= 4 is 5.97 Å². The lowest BCUT2D eigenvalue weighted by atomic mass is 9.94. The van der Waals surface area contributed by atoms with Crippen molar-refractivity contribution in [2.24, 2.45) is 0 Å². The molecule has 1 aromatic carbocycles. The molecular weight excluding hydrogens is 350 g/mol. The van der Waals surface area contributed by atoms with Gasteiger partial charge in [-0.05, 0) is 49.6 Å². The van der Waals surface area contributed by atoms with Crippen LogP contribution in [0.4, 0.5) is 0 Å². The molecule has 0 aliphatic carbocycles. The minimum absolute atomic E-state index is 0.178. The van der Waals surface area contributed by atoms with Gasteiger partial charge in [-0.1, -0.05) is 25.3 Å². The van der Waals surface area contributed by atoms with Crippen LogP contribution in [0.5, 0.6) is 0 Å². The molecule has 1 aromatic rings. The lowest BCUT2D eigenvalue weighted by Gasteiger charge is -2.40. The number of ether oxygens (including phenoxy) is 1. The van der Waals surface area contributed by atoms with Crippen molar-refractivity contribution in [3.8, 4) is 6.07 Å². The van der Waals surface area contributed by atoms with Crippen LogP contribution < -0.4 is 0 Å². The molecule has 1 unspecified atom stereocenters. The molecule has 0 aromatic heterocycles. The van der Waals surface area contributed by atoms with Gasteiger partial charge < -0.3 is 9.64 Å². The smallest absolute Gasteiger partial charge is 0.338 e. The summed E-state index contributed by atoms with van der Waals surface area (Å²) < 4.78 is 4.93. The number of rotatable bonds is 6. The molecule has 1 atom stereocenters. The van der Waals surface area contributed by atoms with Crippen LogP contribution in [0.15, 0.2) is 48.7 Å². The summed E-state index contributed by atoms with van der Waals surface area (Å²) >= 11 is 0. The first-order chi connectivity index (χ1) is 13.3. The summed E-state index contributed by atoms with van der Waals surface area (Å²) in [5.74, 6) is -0.301. The van der Waals surface area contributed by atoms with E-state index in [0.29, 0.717) is 11.1 Å². The number of hydrogen-bond donors (Lipinski definition) is 0. The van der Waals surface area contributed by atoms with Gasteiger partial charge in [-0.3, -0.25) is 4.90 Å². The summed E-state index contributed by atoms with van der Waals surface area (Å²) in [6.07, 6.45) is 3.54. The summed E-state index contributed by atoms with van der Waals surface area (Å²) in [5.41, 5.74) is 5.16. The Hall–Kier alpha value is -2.84. The fraction of sp³-hybridized carbons (Fsp3) is 0.391. The van der Waals surface area contributed by atoms with Crippen molar-refractivity contribution in [3.63, 3.8) is 0 Å². The maximum atomic E-state index is 12.1. The minimum Gasteiger partial charge on any atom is -0.465 e. The highest BCUT2D eigenvalue weighted by Gasteiger charge is 2.25. The van der Waals surface area contributed by atoms with Gasteiger partial charge in [-0.25, -0.2) is 4.79 Å². The third-order valence-electron chi connectivity index (χ3n) is 5.39. The molecule has 1 aliphatic rings. The van der Waals surface area contributed by atoms with E-state index in [1.54, 1.807) is 6.08 Å². The van der Waals surface area contributed by atoms with Gasteiger partial charge >= 0.3 is 5.97 Å². The van der Waals surface area contributed by atoms with Gasteiger partial charge in [0.25, 0.3) is 0 Å². The molecular formula is C23H29N3O2. The molecule has 1 heterocycles.